The Morgan fingerprint density at radius 1 is 1.20 bits per heavy atom. The maximum absolute atomic E-state index is 11.9. The van der Waals surface area contributed by atoms with Crippen LogP contribution in [0.4, 0.5) is 0 Å². The van der Waals surface area contributed by atoms with E-state index in [2.05, 4.69) is 46.7 Å². The molecular formula is C28H30N4O3. The number of hydrogen-bond donors (Lipinski definition) is 3. The molecule has 7 heteroatoms. The zero-order chi connectivity index (χ0) is 24.8. The quantitative estimate of drug-likeness (QED) is 0.410. The summed E-state index contributed by atoms with van der Waals surface area (Å²) in [6.45, 7) is 1.63. The molecule has 1 saturated carbocycles. The molecule has 0 bridgehead atoms. The molecule has 180 valence electrons. The summed E-state index contributed by atoms with van der Waals surface area (Å²) in [5.74, 6) is 0.893. The molecular weight excluding hydrogens is 440 g/mol. The van der Waals surface area contributed by atoms with Crippen molar-refractivity contribution >= 4 is 12.0 Å². The highest BCUT2D eigenvalue weighted by Gasteiger charge is 2.35. The molecule has 3 aromatic rings. The number of nitriles is 1. The van der Waals surface area contributed by atoms with Crippen molar-refractivity contribution in [2.24, 2.45) is 5.92 Å². The Bertz CT molecular complexity index is 1200. The van der Waals surface area contributed by atoms with Crippen LogP contribution in [0, 0.1) is 17.2 Å². The van der Waals surface area contributed by atoms with Crippen molar-refractivity contribution in [2.75, 3.05) is 13.2 Å². The highest BCUT2D eigenvalue weighted by atomic mass is 16.3. The lowest BCUT2D eigenvalue weighted by atomic mass is 9.71. The molecule has 0 saturated heterocycles. The van der Waals surface area contributed by atoms with Gasteiger partial charge in [-0.2, -0.15) is 5.26 Å². The molecule has 0 unspecified atom stereocenters. The molecule has 3 N–H and O–H groups in total. The molecule has 2 aromatic carbocycles. The number of carbonyl (C=O) groups is 1. The Labute approximate surface area is 205 Å². The summed E-state index contributed by atoms with van der Waals surface area (Å²) in [7, 11) is 0. The highest BCUT2D eigenvalue weighted by molar-refractivity contribution is 5.80. The van der Waals surface area contributed by atoms with Crippen molar-refractivity contribution in [3.05, 3.63) is 84.0 Å². The monoisotopic (exact) mass is 470 g/mol. The minimum Gasteiger partial charge on any atom is -0.394 e. The van der Waals surface area contributed by atoms with E-state index >= 15 is 0 Å². The van der Waals surface area contributed by atoms with Crippen molar-refractivity contribution < 1.29 is 15.0 Å². The normalized spacial score (nSPS) is 19.0. The molecule has 35 heavy (non-hydrogen) atoms. The third kappa shape index (κ3) is 5.68. The summed E-state index contributed by atoms with van der Waals surface area (Å²) >= 11 is 0. The number of nitrogens with one attached hydrogen (secondary N) is 1. The topological polar surface area (TPSA) is 111 Å². The van der Waals surface area contributed by atoms with Gasteiger partial charge in [0, 0.05) is 18.3 Å². The third-order valence-corrected chi connectivity index (χ3v) is 6.60. The summed E-state index contributed by atoms with van der Waals surface area (Å²) in [4.78, 5) is 16.1. The van der Waals surface area contributed by atoms with Crippen LogP contribution < -0.4 is 5.32 Å². The second kappa shape index (κ2) is 11.1. The van der Waals surface area contributed by atoms with E-state index in [0.717, 1.165) is 29.5 Å². The van der Waals surface area contributed by atoms with Gasteiger partial charge in [-0.05, 0) is 47.9 Å². The number of aliphatic hydroxyl groups is 2. The minimum absolute atomic E-state index is 0.00598. The predicted molar refractivity (Wildman–Crippen MR) is 134 cm³/mol. The number of aliphatic hydroxyl groups excluding tert-OH is 2. The first-order valence-electron chi connectivity index (χ1n) is 11.8. The first kappa shape index (κ1) is 24.4. The van der Waals surface area contributed by atoms with Crippen molar-refractivity contribution in [2.45, 2.75) is 37.8 Å². The number of amides is 1. The maximum Gasteiger partial charge on any atom is 0.223 e. The van der Waals surface area contributed by atoms with Crippen molar-refractivity contribution in [3.8, 4) is 17.2 Å². The van der Waals surface area contributed by atoms with Crippen LogP contribution in [0.2, 0.25) is 0 Å². The molecule has 1 aliphatic rings. The van der Waals surface area contributed by atoms with E-state index in [4.69, 9.17) is 5.26 Å². The SMILES string of the molecule is C[C@H](O)c1nccn1[C@@H](/C=C/c1ccc(-c2ccc(C3CC(C(=O)NCC#N)C3)cc2)cc1)CO. The van der Waals surface area contributed by atoms with Gasteiger partial charge in [0.1, 0.15) is 18.5 Å². The lowest BCUT2D eigenvalue weighted by molar-refractivity contribution is -0.127. The second-order valence-electron chi connectivity index (χ2n) is 8.96. The van der Waals surface area contributed by atoms with Gasteiger partial charge in [-0.3, -0.25) is 4.79 Å². The zero-order valence-electron chi connectivity index (χ0n) is 19.7. The summed E-state index contributed by atoms with van der Waals surface area (Å²) in [6.07, 6.45) is 8.18. The van der Waals surface area contributed by atoms with Crippen LogP contribution in [0.15, 0.2) is 67.0 Å². The number of rotatable bonds is 9. The fourth-order valence-corrected chi connectivity index (χ4v) is 4.50. The summed E-state index contributed by atoms with van der Waals surface area (Å²) in [5, 5.41) is 30.9. The Kier molecular flexibility index (Phi) is 7.76. The molecule has 1 fully saturated rings. The van der Waals surface area contributed by atoms with Gasteiger partial charge < -0.3 is 20.1 Å². The Balaban J connectivity index is 1.36. The molecule has 7 nitrogen and oxygen atoms in total. The van der Waals surface area contributed by atoms with Crippen molar-refractivity contribution in [1.82, 2.24) is 14.9 Å². The van der Waals surface area contributed by atoms with Gasteiger partial charge in [0.25, 0.3) is 0 Å². The molecule has 0 spiro atoms. The van der Waals surface area contributed by atoms with Gasteiger partial charge in [0.05, 0.1) is 18.7 Å². The first-order valence-corrected chi connectivity index (χ1v) is 11.8. The largest absolute Gasteiger partial charge is 0.394 e. The van der Waals surface area contributed by atoms with Crippen LogP contribution in [0.5, 0.6) is 0 Å². The Hall–Kier alpha value is -3.73. The van der Waals surface area contributed by atoms with E-state index in [1.807, 2.05) is 30.4 Å². The smallest absolute Gasteiger partial charge is 0.223 e. The van der Waals surface area contributed by atoms with Crippen LogP contribution in [0.1, 0.15) is 54.8 Å². The Morgan fingerprint density at radius 2 is 1.86 bits per heavy atom. The molecule has 1 amide bonds. The van der Waals surface area contributed by atoms with Crippen LogP contribution >= 0.6 is 0 Å². The number of nitrogens with zero attached hydrogens (tertiary/aromatic N) is 3. The molecule has 1 aliphatic carbocycles. The summed E-state index contributed by atoms with van der Waals surface area (Å²) in [6, 6.07) is 18.3. The number of imidazole rings is 1. The van der Waals surface area contributed by atoms with Crippen molar-refractivity contribution in [1.29, 1.82) is 5.26 Å². The fourth-order valence-electron chi connectivity index (χ4n) is 4.50. The van der Waals surface area contributed by atoms with Gasteiger partial charge in [0.2, 0.25) is 5.91 Å². The van der Waals surface area contributed by atoms with E-state index < -0.39 is 6.10 Å². The van der Waals surface area contributed by atoms with E-state index in [1.165, 1.54) is 5.56 Å². The van der Waals surface area contributed by atoms with Gasteiger partial charge in [-0.1, -0.05) is 60.7 Å². The lowest BCUT2D eigenvalue weighted by Gasteiger charge is -2.34. The van der Waals surface area contributed by atoms with E-state index in [0.29, 0.717) is 11.7 Å². The maximum atomic E-state index is 11.9. The summed E-state index contributed by atoms with van der Waals surface area (Å²) in [5.41, 5.74) is 4.49. The van der Waals surface area contributed by atoms with Crippen LogP contribution in [-0.2, 0) is 4.79 Å². The second-order valence-corrected chi connectivity index (χ2v) is 8.96. The fraction of sp³-hybridized carbons (Fsp3) is 0.321. The van der Waals surface area contributed by atoms with Crippen LogP contribution in [0.3, 0.4) is 0 Å². The Morgan fingerprint density at radius 3 is 2.46 bits per heavy atom. The third-order valence-electron chi connectivity index (χ3n) is 6.60. The average molecular weight is 471 g/mol. The minimum atomic E-state index is -0.710. The number of aromatic nitrogens is 2. The summed E-state index contributed by atoms with van der Waals surface area (Å²) < 4.78 is 1.78. The molecule has 0 radical (unpaired) electrons. The standard InChI is InChI=1S/C28H30N4O3/c1-19(34)27-30-14-15-32(27)26(18-33)11-4-20-2-5-21(6-3-20)22-7-9-23(10-8-22)24-16-25(17-24)28(35)31-13-12-29/h2-11,14-15,19,24-26,33-34H,13,16-18H2,1H3,(H,31,35)/b11-4+/t19-,24?,25?,26-/m0/s1. The molecule has 1 aromatic heterocycles. The molecule has 1 heterocycles. The predicted octanol–water partition coefficient (Wildman–Crippen LogP) is 3.98. The lowest BCUT2D eigenvalue weighted by Crippen LogP contribution is -2.38. The van der Waals surface area contributed by atoms with E-state index in [-0.39, 0.29) is 31.0 Å². The first-order chi connectivity index (χ1) is 17.0. The number of hydrogen-bond acceptors (Lipinski definition) is 5. The van der Waals surface area contributed by atoms with Gasteiger partial charge in [0.15, 0.2) is 0 Å². The van der Waals surface area contributed by atoms with Crippen LogP contribution in [0.25, 0.3) is 17.2 Å². The van der Waals surface area contributed by atoms with Gasteiger partial charge >= 0.3 is 0 Å². The number of carbonyl (C=O) groups excluding carboxylic acids is 1. The average Bonchev–Trinajstić information content (AvgIpc) is 3.33. The highest BCUT2D eigenvalue weighted by Crippen LogP contribution is 2.42. The van der Waals surface area contributed by atoms with Gasteiger partial charge in [-0.15, -0.1) is 0 Å². The molecule has 4 rings (SSSR count). The molecule has 2 atom stereocenters. The van der Waals surface area contributed by atoms with Gasteiger partial charge in [-0.25, -0.2) is 4.98 Å². The van der Waals surface area contributed by atoms with E-state index in [9.17, 15) is 15.0 Å². The zero-order valence-corrected chi connectivity index (χ0v) is 19.7. The van der Waals surface area contributed by atoms with Crippen LogP contribution in [-0.4, -0.2) is 38.8 Å². The number of benzene rings is 2. The van der Waals surface area contributed by atoms with Crippen molar-refractivity contribution in [3.63, 3.8) is 0 Å². The van der Waals surface area contributed by atoms with E-state index in [1.54, 1.807) is 23.9 Å². The molecule has 0 aliphatic heterocycles.